The number of carbonyl (C=O) groups excluding carboxylic acids is 1. The summed E-state index contributed by atoms with van der Waals surface area (Å²) in [6.07, 6.45) is 3.59. The molecule has 21 heavy (non-hydrogen) atoms. The number of aromatic nitrogens is 1. The van der Waals surface area contributed by atoms with Gasteiger partial charge < -0.3 is 14.2 Å². The van der Waals surface area contributed by atoms with Crippen molar-refractivity contribution >= 4 is 17.6 Å². The Morgan fingerprint density at radius 1 is 1.38 bits per heavy atom. The maximum absolute atomic E-state index is 11.4. The van der Waals surface area contributed by atoms with E-state index in [2.05, 4.69) is 4.98 Å². The van der Waals surface area contributed by atoms with Crippen LogP contribution < -0.4 is 0 Å². The fourth-order valence-electron chi connectivity index (χ4n) is 2.20. The van der Waals surface area contributed by atoms with E-state index in [0.717, 1.165) is 6.42 Å². The molecule has 1 atom stereocenters. The molecule has 1 aromatic rings. The normalized spacial score (nSPS) is 13.0. The summed E-state index contributed by atoms with van der Waals surface area (Å²) in [7, 11) is 4.52. The Hall–Kier alpha value is -1.17. The van der Waals surface area contributed by atoms with Gasteiger partial charge in [0.15, 0.2) is 0 Å². The Morgan fingerprint density at radius 2 is 2.05 bits per heavy atom. The van der Waals surface area contributed by atoms with Crippen molar-refractivity contribution in [2.24, 2.45) is 5.92 Å². The van der Waals surface area contributed by atoms with Crippen LogP contribution in [0.2, 0.25) is 5.02 Å². The third-order valence-corrected chi connectivity index (χ3v) is 3.75. The monoisotopic (exact) mass is 315 g/mol. The van der Waals surface area contributed by atoms with E-state index in [1.54, 1.807) is 32.5 Å². The van der Waals surface area contributed by atoms with Crippen molar-refractivity contribution in [1.29, 1.82) is 0 Å². The smallest absolute Gasteiger partial charge is 0.308 e. The minimum atomic E-state index is -0.958. The van der Waals surface area contributed by atoms with Crippen molar-refractivity contribution in [2.75, 3.05) is 21.3 Å². The van der Waals surface area contributed by atoms with Gasteiger partial charge in [-0.2, -0.15) is 0 Å². The number of nitrogens with zero attached hydrogens (tertiary/aromatic N) is 1. The number of carbonyl (C=O) groups is 1. The highest BCUT2D eigenvalue weighted by Crippen LogP contribution is 2.32. The first-order valence-corrected chi connectivity index (χ1v) is 7.17. The summed E-state index contributed by atoms with van der Waals surface area (Å²) in [5, 5.41) is 0.571. The van der Waals surface area contributed by atoms with Crippen LogP contribution in [0.1, 0.15) is 31.9 Å². The van der Waals surface area contributed by atoms with Crippen molar-refractivity contribution in [2.45, 2.75) is 32.0 Å². The van der Waals surface area contributed by atoms with Gasteiger partial charge in [-0.25, -0.2) is 0 Å². The van der Waals surface area contributed by atoms with Crippen molar-refractivity contribution < 1.29 is 19.0 Å². The highest BCUT2D eigenvalue weighted by molar-refractivity contribution is 6.30. The SMILES string of the molecule is COC(=O)C(C)CCCC(OC)(OC)c1cc(Cl)ccn1. The summed E-state index contributed by atoms with van der Waals surface area (Å²) in [4.78, 5) is 15.7. The number of hydrogen-bond acceptors (Lipinski definition) is 5. The second-order valence-corrected chi connectivity index (χ2v) is 5.27. The van der Waals surface area contributed by atoms with E-state index in [9.17, 15) is 4.79 Å². The van der Waals surface area contributed by atoms with E-state index in [0.29, 0.717) is 23.6 Å². The number of methoxy groups -OCH3 is 3. The lowest BCUT2D eigenvalue weighted by Gasteiger charge is -2.30. The van der Waals surface area contributed by atoms with Crippen LogP contribution in [-0.4, -0.2) is 32.3 Å². The van der Waals surface area contributed by atoms with Gasteiger partial charge in [-0.05, 0) is 25.0 Å². The summed E-state index contributed by atoms with van der Waals surface area (Å²) in [5.41, 5.74) is 0.616. The molecule has 118 valence electrons. The zero-order chi connectivity index (χ0) is 15.9. The number of halogens is 1. The van der Waals surface area contributed by atoms with Crippen molar-refractivity contribution in [3.8, 4) is 0 Å². The molecule has 0 fully saturated rings. The predicted molar refractivity (Wildman–Crippen MR) is 80.0 cm³/mol. The van der Waals surface area contributed by atoms with Crippen LogP contribution in [0.3, 0.4) is 0 Å². The van der Waals surface area contributed by atoms with Crippen LogP contribution in [0.4, 0.5) is 0 Å². The molecule has 0 aliphatic rings. The van der Waals surface area contributed by atoms with Gasteiger partial charge in [0.25, 0.3) is 0 Å². The molecule has 1 aromatic heterocycles. The zero-order valence-corrected chi connectivity index (χ0v) is 13.6. The fraction of sp³-hybridized carbons (Fsp3) is 0.600. The van der Waals surface area contributed by atoms with Gasteiger partial charge in [0.2, 0.25) is 5.79 Å². The second kappa shape index (κ2) is 8.32. The number of pyridine rings is 1. The molecule has 0 saturated carbocycles. The number of ether oxygens (including phenoxy) is 3. The predicted octanol–water partition coefficient (Wildman–Crippen LogP) is 3.16. The maximum Gasteiger partial charge on any atom is 0.308 e. The van der Waals surface area contributed by atoms with Crippen molar-refractivity contribution in [3.05, 3.63) is 29.0 Å². The minimum Gasteiger partial charge on any atom is -0.469 e. The van der Waals surface area contributed by atoms with Crippen LogP contribution in [0.5, 0.6) is 0 Å². The van der Waals surface area contributed by atoms with Gasteiger partial charge in [0.1, 0.15) is 5.69 Å². The summed E-state index contributed by atoms with van der Waals surface area (Å²) >= 11 is 6.00. The molecule has 0 amide bonds. The molecule has 1 unspecified atom stereocenters. The van der Waals surface area contributed by atoms with Gasteiger partial charge in [-0.3, -0.25) is 9.78 Å². The summed E-state index contributed by atoms with van der Waals surface area (Å²) in [5.74, 6) is -1.33. The van der Waals surface area contributed by atoms with Gasteiger partial charge in [0.05, 0.1) is 13.0 Å². The molecule has 6 heteroatoms. The standard InChI is InChI=1S/C15H22ClNO4/c1-11(14(18)19-2)6-5-8-15(20-3,21-4)13-10-12(16)7-9-17-13/h7,9-11H,5-6,8H2,1-4H3. The molecule has 0 spiro atoms. The maximum atomic E-state index is 11.4. The molecule has 0 aliphatic heterocycles. The largest absolute Gasteiger partial charge is 0.469 e. The quantitative estimate of drug-likeness (QED) is 0.545. The zero-order valence-electron chi connectivity index (χ0n) is 12.9. The number of rotatable bonds is 8. The third-order valence-electron chi connectivity index (χ3n) is 3.52. The van der Waals surface area contributed by atoms with Crippen LogP contribution in [-0.2, 0) is 24.8 Å². The second-order valence-electron chi connectivity index (χ2n) is 4.84. The summed E-state index contributed by atoms with van der Waals surface area (Å²) < 4.78 is 15.8. The van der Waals surface area contributed by atoms with E-state index >= 15 is 0 Å². The fourth-order valence-corrected chi connectivity index (χ4v) is 2.36. The van der Waals surface area contributed by atoms with Gasteiger partial charge in [0, 0.05) is 31.9 Å². The van der Waals surface area contributed by atoms with Crippen LogP contribution in [0, 0.1) is 5.92 Å². The average Bonchev–Trinajstić information content (AvgIpc) is 2.51. The average molecular weight is 316 g/mol. The molecule has 1 rings (SSSR count). The Kier molecular flexibility index (Phi) is 7.08. The van der Waals surface area contributed by atoms with E-state index in [4.69, 9.17) is 25.8 Å². The topological polar surface area (TPSA) is 57.7 Å². The molecule has 5 nitrogen and oxygen atoms in total. The number of esters is 1. The Morgan fingerprint density at radius 3 is 2.57 bits per heavy atom. The van der Waals surface area contributed by atoms with Crippen LogP contribution in [0.15, 0.2) is 18.3 Å². The Labute approximate surface area is 130 Å². The van der Waals surface area contributed by atoms with Gasteiger partial charge in [-0.1, -0.05) is 18.5 Å². The van der Waals surface area contributed by atoms with Crippen molar-refractivity contribution in [1.82, 2.24) is 4.98 Å². The third kappa shape index (κ3) is 4.66. The molecular formula is C15H22ClNO4. The number of hydrogen-bond donors (Lipinski definition) is 0. The Bertz CT molecular complexity index is 463. The van der Waals surface area contributed by atoms with E-state index in [1.807, 2.05) is 6.92 Å². The van der Waals surface area contributed by atoms with Gasteiger partial charge in [-0.15, -0.1) is 0 Å². The highest BCUT2D eigenvalue weighted by atomic mass is 35.5. The summed E-state index contributed by atoms with van der Waals surface area (Å²) in [6, 6.07) is 3.42. The molecule has 0 aromatic carbocycles. The van der Waals surface area contributed by atoms with E-state index in [1.165, 1.54) is 7.11 Å². The molecule has 0 bridgehead atoms. The molecule has 0 aliphatic carbocycles. The van der Waals surface area contributed by atoms with Gasteiger partial charge >= 0.3 is 5.97 Å². The lowest BCUT2D eigenvalue weighted by molar-refractivity contribution is -0.223. The van der Waals surface area contributed by atoms with Crippen LogP contribution >= 0.6 is 11.6 Å². The molecule has 0 saturated heterocycles. The highest BCUT2D eigenvalue weighted by Gasteiger charge is 2.33. The first-order valence-electron chi connectivity index (χ1n) is 6.79. The molecular weight excluding hydrogens is 294 g/mol. The van der Waals surface area contributed by atoms with E-state index < -0.39 is 5.79 Å². The van der Waals surface area contributed by atoms with E-state index in [-0.39, 0.29) is 11.9 Å². The van der Waals surface area contributed by atoms with Crippen molar-refractivity contribution in [3.63, 3.8) is 0 Å². The molecule has 0 radical (unpaired) electrons. The lowest BCUT2D eigenvalue weighted by atomic mass is 9.98. The summed E-state index contributed by atoms with van der Waals surface area (Å²) in [6.45, 7) is 1.84. The lowest BCUT2D eigenvalue weighted by Crippen LogP contribution is -2.32. The first-order chi connectivity index (χ1) is 9.99. The first kappa shape index (κ1) is 17.9. The molecule has 0 N–H and O–H groups in total. The Balaban J connectivity index is 2.75. The van der Waals surface area contributed by atoms with Crippen LogP contribution in [0.25, 0.3) is 0 Å². The minimum absolute atomic E-state index is 0.159. The molecule has 1 heterocycles.